The highest BCUT2D eigenvalue weighted by Crippen LogP contribution is 2.34. The van der Waals surface area contributed by atoms with Crippen LogP contribution in [0.3, 0.4) is 0 Å². The largest absolute Gasteiger partial charge is 0.386 e. The van der Waals surface area contributed by atoms with E-state index >= 15 is 0 Å². The summed E-state index contributed by atoms with van der Waals surface area (Å²) in [5, 5.41) is 7.57. The summed E-state index contributed by atoms with van der Waals surface area (Å²) in [6.07, 6.45) is 2.31. The molecule has 1 heterocycles. The Morgan fingerprint density at radius 1 is 1.33 bits per heavy atom. The lowest BCUT2D eigenvalue weighted by Gasteiger charge is -2.33. The molecule has 1 aliphatic heterocycles. The van der Waals surface area contributed by atoms with E-state index in [1.807, 2.05) is 6.07 Å². The van der Waals surface area contributed by atoms with Gasteiger partial charge in [0.1, 0.15) is 5.84 Å². The van der Waals surface area contributed by atoms with Crippen LogP contribution in [-0.4, -0.2) is 18.4 Å². The first-order valence-corrected chi connectivity index (χ1v) is 6.38. The van der Waals surface area contributed by atoms with Crippen molar-refractivity contribution >= 4 is 17.1 Å². The molecule has 0 amide bonds. The average molecular weight is 243 g/mol. The second kappa shape index (κ2) is 4.84. The third-order valence-corrected chi connectivity index (χ3v) is 3.74. The Hall–Kier alpha value is -1.77. The molecule has 1 aliphatic rings. The highest BCUT2D eigenvalue weighted by atomic mass is 15.2. The van der Waals surface area contributed by atoms with E-state index < -0.39 is 0 Å². The molecule has 3 N–H and O–H groups in total. The van der Waals surface area contributed by atoms with Crippen molar-refractivity contribution in [3.8, 4) is 0 Å². The van der Waals surface area contributed by atoms with Crippen LogP contribution in [0.4, 0.5) is 5.69 Å². The zero-order valence-corrected chi connectivity index (χ0v) is 11.3. The van der Waals surface area contributed by atoms with Crippen molar-refractivity contribution in [1.29, 1.82) is 5.41 Å². The molecule has 0 radical (unpaired) electrons. The maximum absolute atomic E-state index is 7.57. The van der Waals surface area contributed by atoms with E-state index in [1.165, 1.54) is 16.8 Å². The number of fused-ring (bicyclic) bond motifs is 1. The Morgan fingerprint density at radius 2 is 2.00 bits per heavy atom. The van der Waals surface area contributed by atoms with Crippen molar-refractivity contribution in [3.05, 3.63) is 35.9 Å². The van der Waals surface area contributed by atoms with Crippen LogP contribution in [0.5, 0.6) is 0 Å². The van der Waals surface area contributed by atoms with Crippen LogP contribution in [0.2, 0.25) is 0 Å². The zero-order valence-electron chi connectivity index (χ0n) is 11.3. The average Bonchev–Trinajstić information content (AvgIpc) is 2.41. The minimum Gasteiger partial charge on any atom is -0.386 e. The molecule has 18 heavy (non-hydrogen) atoms. The SMILES string of the molecule is CC1=C[C@@H](C)[C@@H](C)N(CC(=N)N)c2ccccc21. The molecule has 1 aromatic rings. The fourth-order valence-corrected chi connectivity index (χ4v) is 2.60. The normalized spacial score (nSPS) is 23.1. The minimum atomic E-state index is 0.211. The van der Waals surface area contributed by atoms with Crippen LogP contribution in [0.1, 0.15) is 26.3 Å². The van der Waals surface area contributed by atoms with Gasteiger partial charge >= 0.3 is 0 Å². The van der Waals surface area contributed by atoms with E-state index in [2.05, 4.69) is 49.9 Å². The predicted molar refractivity (Wildman–Crippen MR) is 78.0 cm³/mol. The number of hydrogen-bond acceptors (Lipinski definition) is 2. The first-order chi connectivity index (χ1) is 8.50. The Kier molecular flexibility index (Phi) is 3.41. The van der Waals surface area contributed by atoms with Gasteiger partial charge in [0, 0.05) is 17.3 Å². The first kappa shape index (κ1) is 12.7. The van der Waals surface area contributed by atoms with Crippen LogP contribution in [-0.2, 0) is 0 Å². The summed E-state index contributed by atoms with van der Waals surface area (Å²) < 4.78 is 0. The Morgan fingerprint density at radius 3 is 2.67 bits per heavy atom. The predicted octanol–water partition coefficient (Wildman–Crippen LogP) is 2.87. The molecule has 96 valence electrons. The van der Waals surface area contributed by atoms with Gasteiger partial charge in [-0.3, -0.25) is 5.41 Å². The highest BCUT2D eigenvalue weighted by molar-refractivity contribution is 5.85. The van der Waals surface area contributed by atoms with Crippen LogP contribution in [0.25, 0.3) is 5.57 Å². The van der Waals surface area contributed by atoms with E-state index in [1.54, 1.807) is 0 Å². The van der Waals surface area contributed by atoms with Gasteiger partial charge < -0.3 is 10.6 Å². The van der Waals surface area contributed by atoms with E-state index in [0.29, 0.717) is 18.5 Å². The zero-order chi connectivity index (χ0) is 13.3. The summed E-state index contributed by atoms with van der Waals surface area (Å²) in [6.45, 7) is 7.05. The number of rotatable bonds is 2. The highest BCUT2D eigenvalue weighted by Gasteiger charge is 2.25. The number of hydrogen-bond donors (Lipinski definition) is 2. The molecule has 0 saturated heterocycles. The number of nitrogens with two attached hydrogens (primary N) is 1. The topological polar surface area (TPSA) is 53.1 Å². The van der Waals surface area contributed by atoms with Gasteiger partial charge in [-0.2, -0.15) is 0 Å². The summed E-state index contributed by atoms with van der Waals surface area (Å²) >= 11 is 0. The molecule has 2 atom stereocenters. The Balaban J connectivity index is 2.52. The Bertz CT molecular complexity index is 490. The van der Waals surface area contributed by atoms with Gasteiger partial charge in [-0.15, -0.1) is 0 Å². The molecule has 0 saturated carbocycles. The van der Waals surface area contributed by atoms with E-state index in [4.69, 9.17) is 11.1 Å². The molecular weight excluding hydrogens is 222 g/mol. The number of para-hydroxylation sites is 1. The van der Waals surface area contributed by atoms with Gasteiger partial charge in [-0.05, 0) is 31.4 Å². The molecule has 3 nitrogen and oxygen atoms in total. The van der Waals surface area contributed by atoms with Crippen LogP contribution in [0, 0.1) is 11.3 Å². The van der Waals surface area contributed by atoms with E-state index in [-0.39, 0.29) is 5.84 Å². The van der Waals surface area contributed by atoms with Crippen LogP contribution < -0.4 is 10.6 Å². The lowest BCUT2D eigenvalue weighted by Crippen LogP contribution is -2.42. The Labute approximate surface area is 109 Å². The quantitative estimate of drug-likeness (QED) is 0.620. The van der Waals surface area contributed by atoms with Crippen molar-refractivity contribution in [2.75, 3.05) is 11.4 Å². The monoisotopic (exact) mass is 243 g/mol. The molecule has 0 fully saturated rings. The molecule has 0 bridgehead atoms. The molecule has 0 unspecified atom stereocenters. The lowest BCUT2D eigenvalue weighted by atomic mass is 10.00. The first-order valence-electron chi connectivity index (χ1n) is 6.38. The molecule has 0 aromatic heterocycles. The van der Waals surface area contributed by atoms with Crippen molar-refractivity contribution in [3.63, 3.8) is 0 Å². The third-order valence-electron chi connectivity index (χ3n) is 3.74. The number of nitrogens with one attached hydrogen (secondary N) is 1. The summed E-state index contributed by atoms with van der Waals surface area (Å²) in [7, 11) is 0. The minimum absolute atomic E-state index is 0.211. The van der Waals surface area contributed by atoms with Gasteiger partial charge in [0.15, 0.2) is 0 Å². The number of amidine groups is 1. The second-order valence-corrected chi connectivity index (χ2v) is 5.12. The molecular formula is C15H21N3. The molecule has 2 rings (SSSR count). The van der Waals surface area contributed by atoms with Gasteiger partial charge in [-0.1, -0.05) is 31.2 Å². The fraction of sp³-hybridized carbons (Fsp3) is 0.400. The number of nitrogens with zero attached hydrogens (tertiary/aromatic N) is 1. The van der Waals surface area contributed by atoms with Crippen molar-refractivity contribution < 1.29 is 0 Å². The number of benzene rings is 1. The molecule has 0 spiro atoms. The maximum Gasteiger partial charge on any atom is 0.110 e. The molecule has 0 aliphatic carbocycles. The van der Waals surface area contributed by atoms with E-state index in [9.17, 15) is 0 Å². The maximum atomic E-state index is 7.57. The number of allylic oxidation sites excluding steroid dienone is 1. The summed E-state index contributed by atoms with van der Waals surface area (Å²) in [4.78, 5) is 2.23. The van der Waals surface area contributed by atoms with Gasteiger partial charge in [0.2, 0.25) is 0 Å². The van der Waals surface area contributed by atoms with Gasteiger partial charge in [-0.25, -0.2) is 0 Å². The van der Waals surface area contributed by atoms with Gasteiger partial charge in [0.25, 0.3) is 0 Å². The summed E-state index contributed by atoms with van der Waals surface area (Å²) in [5.41, 5.74) is 9.32. The van der Waals surface area contributed by atoms with E-state index in [0.717, 1.165) is 0 Å². The van der Waals surface area contributed by atoms with Crippen molar-refractivity contribution in [1.82, 2.24) is 0 Å². The lowest BCUT2D eigenvalue weighted by molar-refractivity contribution is 0.546. The standard InChI is InChI=1S/C15H21N3/c1-10-8-11(2)13-6-4-5-7-14(13)18(12(10)3)9-15(16)17/h4-8,10,12H,9H2,1-3H3,(H3,16,17)/t10-,12-/m1/s1. The van der Waals surface area contributed by atoms with Crippen molar-refractivity contribution in [2.45, 2.75) is 26.8 Å². The van der Waals surface area contributed by atoms with Crippen molar-refractivity contribution in [2.24, 2.45) is 11.7 Å². The summed E-state index contributed by atoms with van der Waals surface area (Å²) in [6, 6.07) is 8.70. The fourth-order valence-electron chi connectivity index (χ4n) is 2.60. The second-order valence-electron chi connectivity index (χ2n) is 5.12. The van der Waals surface area contributed by atoms with Crippen LogP contribution in [0.15, 0.2) is 30.3 Å². The molecule has 1 aromatic carbocycles. The third kappa shape index (κ3) is 2.26. The smallest absolute Gasteiger partial charge is 0.110 e. The van der Waals surface area contributed by atoms with Gasteiger partial charge in [0.05, 0.1) is 6.54 Å². The van der Waals surface area contributed by atoms with Crippen LogP contribution >= 0.6 is 0 Å². The molecule has 3 heteroatoms. The number of anilines is 1. The summed E-state index contributed by atoms with van der Waals surface area (Å²) in [5.74, 6) is 0.653.